The Labute approximate surface area is 177 Å². The van der Waals surface area contributed by atoms with Crippen LogP contribution in [0.2, 0.25) is 0 Å². The fourth-order valence-electron chi connectivity index (χ4n) is 3.54. The molecule has 9 heteroatoms. The van der Waals surface area contributed by atoms with E-state index in [-0.39, 0.29) is 12.3 Å². The van der Waals surface area contributed by atoms with Crippen molar-refractivity contribution >= 4 is 19.5 Å². The lowest BCUT2D eigenvalue weighted by Crippen LogP contribution is -2.17. The van der Waals surface area contributed by atoms with Gasteiger partial charge in [-0.1, -0.05) is 30.3 Å². The molecule has 0 saturated carbocycles. The molecule has 1 aromatic carbocycles. The third-order valence-corrected chi connectivity index (χ3v) is 6.33. The number of ether oxygens (including phenoxy) is 2. The average molecular weight is 430 g/mol. The summed E-state index contributed by atoms with van der Waals surface area (Å²) in [6.07, 6.45) is 5.57. The maximum atomic E-state index is 6.22. The van der Waals surface area contributed by atoms with Gasteiger partial charge in [-0.25, -0.2) is 15.0 Å². The van der Waals surface area contributed by atoms with E-state index in [0.717, 1.165) is 35.3 Å². The van der Waals surface area contributed by atoms with Crippen LogP contribution in [-0.2, 0) is 18.5 Å². The van der Waals surface area contributed by atoms with Gasteiger partial charge in [0.2, 0.25) is 0 Å². The molecule has 160 valence electrons. The van der Waals surface area contributed by atoms with Crippen molar-refractivity contribution in [3.05, 3.63) is 43.0 Å². The SMILES string of the molecule is CCOP(COCC1CCC(n2cnc3c(-c4ccccc4)ncnc32)O1)OCC. The Balaban J connectivity index is 1.40. The van der Waals surface area contributed by atoms with Gasteiger partial charge in [0, 0.05) is 5.56 Å². The van der Waals surface area contributed by atoms with Crippen LogP contribution in [0.1, 0.15) is 32.9 Å². The second kappa shape index (κ2) is 10.4. The molecule has 4 rings (SSSR count). The van der Waals surface area contributed by atoms with Crippen LogP contribution < -0.4 is 0 Å². The number of hydrogen-bond donors (Lipinski definition) is 0. The van der Waals surface area contributed by atoms with E-state index in [9.17, 15) is 0 Å². The normalized spacial score (nSPS) is 19.2. The predicted octanol–water partition coefficient (Wildman–Crippen LogP) is 4.53. The second-order valence-electron chi connectivity index (χ2n) is 6.87. The summed E-state index contributed by atoms with van der Waals surface area (Å²) in [5.74, 6) is 0. The molecule has 0 spiro atoms. The minimum absolute atomic E-state index is 0.0305. The molecule has 0 radical (unpaired) electrons. The molecule has 1 aliphatic rings. The van der Waals surface area contributed by atoms with E-state index in [4.69, 9.17) is 18.5 Å². The first-order valence-corrected chi connectivity index (χ1v) is 11.7. The Morgan fingerprint density at radius 1 is 1.07 bits per heavy atom. The summed E-state index contributed by atoms with van der Waals surface area (Å²) in [5.41, 5.74) is 3.42. The van der Waals surface area contributed by atoms with Gasteiger partial charge in [-0.2, -0.15) is 0 Å². The molecule has 0 aliphatic carbocycles. The molecule has 3 aromatic rings. The van der Waals surface area contributed by atoms with Crippen molar-refractivity contribution in [1.82, 2.24) is 19.5 Å². The van der Waals surface area contributed by atoms with Gasteiger partial charge in [0.25, 0.3) is 0 Å². The summed E-state index contributed by atoms with van der Waals surface area (Å²) in [5, 5.41) is 0. The molecule has 0 N–H and O–H groups in total. The third-order valence-electron chi connectivity index (χ3n) is 4.85. The quantitative estimate of drug-likeness (QED) is 0.437. The molecule has 0 amide bonds. The predicted molar refractivity (Wildman–Crippen MR) is 115 cm³/mol. The van der Waals surface area contributed by atoms with Crippen molar-refractivity contribution in [3.8, 4) is 11.3 Å². The summed E-state index contributed by atoms with van der Waals surface area (Å²) < 4.78 is 25.2. The molecule has 30 heavy (non-hydrogen) atoms. The van der Waals surface area contributed by atoms with Crippen molar-refractivity contribution in [2.75, 3.05) is 26.2 Å². The highest BCUT2D eigenvalue weighted by atomic mass is 31.2. The largest absolute Gasteiger partial charge is 0.369 e. The fraction of sp³-hybridized carbons (Fsp3) is 0.476. The molecular formula is C21H27N4O4P. The van der Waals surface area contributed by atoms with Gasteiger partial charge >= 0.3 is 0 Å². The molecule has 2 aromatic heterocycles. The first kappa shape index (κ1) is 21.3. The van der Waals surface area contributed by atoms with E-state index in [0.29, 0.717) is 26.2 Å². The Morgan fingerprint density at radius 3 is 2.63 bits per heavy atom. The lowest BCUT2D eigenvalue weighted by Gasteiger charge is -2.18. The van der Waals surface area contributed by atoms with Crippen molar-refractivity contribution in [3.63, 3.8) is 0 Å². The Hall–Kier alpha value is -1.96. The van der Waals surface area contributed by atoms with Crippen molar-refractivity contribution < 1.29 is 18.5 Å². The van der Waals surface area contributed by atoms with Crippen LogP contribution >= 0.6 is 8.38 Å². The van der Waals surface area contributed by atoms with Crippen LogP contribution in [-0.4, -0.2) is 51.8 Å². The second-order valence-corrected chi connectivity index (χ2v) is 8.31. The van der Waals surface area contributed by atoms with E-state index in [1.54, 1.807) is 12.7 Å². The van der Waals surface area contributed by atoms with Gasteiger partial charge in [0.05, 0.1) is 32.3 Å². The summed E-state index contributed by atoms with van der Waals surface area (Å²) in [6, 6.07) is 10.0. The van der Waals surface area contributed by atoms with Crippen LogP contribution in [0.4, 0.5) is 0 Å². The number of hydrogen-bond acceptors (Lipinski definition) is 7. The average Bonchev–Trinajstić information content (AvgIpc) is 3.41. The molecule has 1 saturated heterocycles. The summed E-state index contributed by atoms with van der Waals surface area (Å²) in [6.45, 7) is 5.68. The Morgan fingerprint density at radius 2 is 1.87 bits per heavy atom. The van der Waals surface area contributed by atoms with Crippen molar-refractivity contribution in [2.45, 2.75) is 39.0 Å². The van der Waals surface area contributed by atoms with E-state index < -0.39 is 8.38 Å². The highest BCUT2D eigenvalue weighted by molar-refractivity contribution is 7.47. The number of imidazole rings is 1. The molecule has 2 atom stereocenters. The Kier molecular flexibility index (Phi) is 7.36. The summed E-state index contributed by atoms with van der Waals surface area (Å²) in [7, 11) is -0.988. The maximum Gasteiger partial charge on any atom is 0.198 e. The standard InChI is InChI=1S/C21H27N4O4P/c1-3-27-30(28-4-2)15-26-12-17-10-11-18(29-17)25-14-24-20-19(22-13-23-21(20)25)16-8-6-5-7-9-16/h5-9,13-14,17-18H,3-4,10-12,15H2,1-2H3. The fourth-order valence-corrected chi connectivity index (χ4v) is 4.60. The Bertz CT molecular complexity index is 933. The number of benzene rings is 1. The molecule has 0 bridgehead atoms. The smallest absolute Gasteiger partial charge is 0.198 e. The number of aromatic nitrogens is 4. The van der Waals surface area contributed by atoms with Crippen LogP contribution in [0.15, 0.2) is 43.0 Å². The molecule has 8 nitrogen and oxygen atoms in total. The van der Waals surface area contributed by atoms with E-state index in [1.807, 2.05) is 48.7 Å². The van der Waals surface area contributed by atoms with Crippen LogP contribution in [0.25, 0.3) is 22.4 Å². The van der Waals surface area contributed by atoms with Gasteiger partial charge in [-0.3, -0.25) is 4.57 Å². The molecule has 2 unspecified atom stereocenters. The third kappa shape index (κ3) is 4.85. The topological polar surface area (TPSA) is 80.5 Å². The zero-order chi connectivity index (χ0) is 20.8. The monoisotopic (exact) mass is 430 g/mol. The van der Waals surface area contributed by atoms with E-state index >= 15 is 0 Å². The van der Waals surface area contributed by atoms with E-state index in [2.05, 4.69) is 15.0 Å². The lowest BCUT2D eigenvalue weighted by molar-refractivity contribution is -0.0342. The zero-order valence-electron chi connectivity index (χ0n) is 17.3. The zero-order valence-corrected chi connectivity index (χ0v) is 18.2. The van der Waals surface area contributed by atoms with Crippen LogP contribution in [0.3, 0.4) is 0 Å². The maximum absolute atomic E-state index is 6.22. The number of nitrogens with zero attached hydrogens (tertiary/aromatic N) is 4. The van der Waals surface area contributed by atoms with Crippen molar-refractivity contribution in [2.24, 2.45) is 0 Å². The first-order valence-electron chi connectivity index (χ1n) is 10.3. The first-order chi connectivity index (χ1) is 14.8. The molecule has 1 fully saturated rings. The van der Waals surface area contributed by atoms with Gasteiger partial charge in [-0.15, -0.1) is 0 Å². The van der Waals surface area contributed by atoms with E-state index in [1.165, 1.54) is 0 Å². The summed E-state index contributed by atoms with van der Waals surface area (Å²) in [4.78, 5) is 13.5. The van der Waals surface area contributed by atoms with Crippen LogP contribution in [0.5, 0.6) is 0 Å². The molecular weight excluding hydrogens is 403 g/mol. The minimum Gasteiger partial charge on any atom is -0.369 e. The van der Waals surface area contributed by atoms with Crippen LogP contribution in [0, 0.1) is 0 Å². The number of fused-ring (bicyclic) bond motifs is 1. The molecule has 1 aliphatic heterocycles. The minimum atomic E-state index is -0.988. The summed E-state index contributed by atoms with van der Waals surface area (Å²) >= 11 is 0. The van der Waals surface area contributed by atoms with Gasteiger partial charge in [0.15, 0.2) is 14.0 Å². The van der Waals surface area contributed by atoms with Gasteiger partial charge in [-0.05, 0) is 26.7 Å². The molecule has 3 heterocycles. The lowest BCUT2D eigenvalue weighted by atomic mass is 10.1. The highest BCUT2D eigenvalue weighted by Crippen LogP contribution is 2.38. The highest BCUT2D eigenvalue weighted by Gasteiger charge is 2.29. The number of rotatable bonds is 10. The van der Waals surface area contributed by atoms with Gasteiger partial charge < -0.3 is 18.5 Å². The van der Waals surface area contributed by atoms with Gasteiger partial charge in [0.1, 0.15) is 30.1 Å². The van der Waals surface area contributed by atoms with Crippen molar-refractivity contribution in [1.29, 1.82) is 0 Å².